The second-order valence-corrected chi connectivity index (χ2v) is 5.69. The maximum absolute atomic E-state index is 12.4. The summed E-state index contributed by atoms with van der Waals surface area (Å²) in [6.07, 6.45) is 6.42. The number of ether oxygens (including phenoxy) is 1. The molecule has 0 aliphatic carbocycles. The number of likely N-dealkylation sites (tertiary alicyclic amines) is 1. The number of nitrogens with zero attached hydrogens (tertiary/aromatic N) is 4. The van der Waals surface area contributed by atoms with Gasteiger partial charge in [0.25, 0.3) is 11.8 Å². The Labute approximate surface area is 134 Å². The number of hydrogen-bond acceptors (Lipinski definition) is 6. The lowest BCUT2D eigenvalue weighted by atomic mass is 10.1. The van der Waals surface area contributed by atoms with Gasteiger partial charge in [-0.15, -0.1) is 0 Å². The number of aromatic nitrogens is 2. The van der Waals surface area contributed by atoms with E-state index >= 15 is 0 Å². The summed E-state index contributed by atoms with van der Waals surface area (Å²) < 4.78 is 11.2. The first-order valence-corrected chi connectivity index (χ1v) is 7.63. The summed E-state index contributed by atoms with van der Waals surface area (Å²) in [6, 6.07) is 3.40. The Morgan fingerprint density at radius 3 is 2.96 bits per heavy atom. The van der Waals surface area contributed by atoms with Crippen LogP contribution in [0.25, 0.3) is 0 Å². The zero-order valence-electron chi connectivity index (χ0n) is 13.3. The molecule has 0 radical (unpaired) electrons. The summed E-state index contributed by atoms with van der Waals surface area (Å²) in [7, 11) is 3.79. The fourth-order valence-electron chi connectivity index (χ4n) is 2.64. The lowest BCUT2D eigenvalue weighted by molar-refractivity contribution is 0.0501. The Balaban J connectivity index is 1.69. The van der Waals surface area contributed by atoms with E-state index < -0.39 is 0 Å². The molecule has 0 spiro atoms. The van der Waals surface area contributed by atoms with E-state index in [2.05, 4.69) is 9.97 Å². The Kier molecular flexibility index (Phi) is 4.45. The van der Waals surface area contributed by atoms with Crippen LogP contribution in [0.3, 0.4) is 0 Å². The molecule has 3 heterocycles. The van der Waals surface area contributed by atoms with Gasteiger partial charge in [0, 0.05) is 33.0 Å². The molecule has 1 saturated heterocycles. The van der Waals surface area contributed by atoms with Crippen molar-refractivity contribution in [2.75, 3.05) is 32.1 Å². The molecule has 7 nitrogen and oxygen atoms in total. The predicted octanol–water partition coefficient (Wildman–Crippen LogP) is 1.82. The minimum atomic E-state index is -0.102. The normalized spacial score (nSPS) is 17.8. The van der Waals surface area contributed by atoms with Crippen molar-refractivity contribution in [3.63, 3.8) is 0 Å². The van der Waals surface area contributed by atoms with Crippen LogP contribution in [0.1, 0.15) is 23.4 Å². The fraction of sp³-hybridized carbons (Fsp3) is 0.438. The molecular formula is C16H20N4O3. The van der Waals surface area contributed by atoms with Gasteiger partial charge in [-0.05, 0) is 25.0 Å². The highest BCUT2D eigenvalue weighted by atomic mass is 16.5. The molecule has 1 atom stereocenters. The molecule has 3 rings (SSSR count). The van der Waals surface area contributed by atoms with Crippen LogP contribution in [0.15, 0.2) is 35.2 Å². The van der Waals surface area contributed by atoms with E-state index in [0.29, 0.717) is 30.5 Å². The lowest BCUT2D eigenvalue weighted by Gasteiger charge is -2.32. The molecule has 1 aliphatic heterocycles. The fourth-order valence-corrected chi connectivity index (χ4v) is 2.64. The minimum absolute atomic E-state index is 0.0990. The molecule has 122 valence electrons. The SMILES string of the molecule is CN(C)c1nccnc1O[C@@H]1CCCN(C(=O)c2ccco2)C1. The number of carbonyl (C=O) groups excluding carboxylic acids is 1. The molecule has 0 unspecified atom stereocenters. The van der Waals surface area contributed by atoms with E-state index in [4.69, 9.17) is 9.15 Å². The van der Waals surface area contributed by atoms with Gasteiger partial charge in [0.15, 0.2) is 11.6 Å². The van der Waals surface area contributed by atoms with Gasteiger partial charge in [-0.1, -0.05) is 0 Å². The first-order chi connectivity index (χ1) is 11.1. The van der Waals surface area contributed by atoms with E-state index in [1.807, 2.05) is 19.0 Å². The smallest absolute Gasteiger partial charge is 0.289 e. The number of carbonyl (C=O) groups is 1. The highest BCUT2D eigenvalue weighted by Gasteiger charge is 2.28. The summed E-state index contributed by atoms with van der Waals surface area (Å²) in [5.74, 6) is 1.44. The van der Waals surface area contributed by atoms with Crippen LogP contribution in [0, 0.1) is 0 Å². The predicted molar refractivity (Wildman–Crippen MR) is 84.6 cm³/mol. The second-order valence-electron chi connectivity index (χ2n) is 5.69. The lowest BCUT2D eigenvalue weighted by Crippen LogP contribution is -2.44. The minimum Gasteiger partial charge on any atom is -0.470 e. The van der Waals surface area contributed by atoms with Gasteiger partial charge >= 0.3 is 0 Å². The number of anilines is 1. The van der Waals surface area contributed by atoms with Crippen molar-refractivity contribution < 1.29 is 13.9 Å². The highest BCUT2D eigenvalue weighted by Crippen LogP contribution is 2.24. The van der Waals surface area contributed by atoms with Crippen LogP contribution in [0.4, 0.5) is 5.82 Å². The maximum atomic E-state index is 12.4. The average molecular weight is 316 g/mol. The Bertz CT molecular complexity index is 657. The zero-order valence-corrected chi connectivity index (χ0v) is 13.3. The maximum Gasteiger partial charge on any atom is 0.289 e. The van der Waals surface area contributed by atoms with Gasteiger partial charge in [-0.25, -0.2) is 9.97 Å². The van der Waals surface area contributed by atoms with E-state index in [-0.39, 0.29) is 12.0 Å². The Morgan fingerprint density at radius 2 is 2.22 bits per heavy atom. The third-order valence-electron chi connectivity index (χ3n) is 3.75. The van der Waals surface area contributed by atoms with Crippen molar-refractivity contribution >= 4 is 11.7 Å². The van der Waals surface area contributed by atoms with Crippen molar-refractivity contribution in [3.8, 4) is 5.88 Å². The first-order valence-electron chi connectivity index (χ1n) is 7.63. The molecule has 1 amide bonds. The van der Waals surface area contributed by atoms with Crippen LogP contribution in [-0.4, -0.2) is 54.1 Å². The number of furan rings is 1. The summed E-state index contributed by atoms with van der Waals surface area (Å²) in [5, 5.41) is 0. The van der Waals surface area contributed by atoms with E-state index in [1.54, 1.807) is 29.4 Å². The molecule has 0 saturated carbocycles. The largest absolute Gasteiger partial charge is 0.470 e. The van der Waals surface area contributed by atoms with Gasteiger partial charge in [0.1, 0.15) is 6.10 Å². The molecular weight excluding hydrogens is 296 g/mol. The monoisotopic (exact) mass is 316 g/mol. The van der Waals surface area contributed by atoms with Gasteiger partial charge in [-0.2, -0.15) is 0 Å². The Morgan fingerprint density at radius 1 is 1.39 bits per heavy atom. The second kappa shape index (κ2) is 6.68. The van der Waals surface area contributed by atoms with E-state index in [9.17, 15) is 4.79 Å². The van der Waals surface area contributed by atoms with Crippen LogP contribution in [-0.2, 0) is 0 Å². The van der Waals surface area contributed by atoms with Gasteiger partial charge in [0.2, 0.25) is 0 Å². The van der Waals surface area contributed by atoms with Crippen LogP contribution in [0.2, 0.25) is 0 Å². The van der Waals surface area contributed by atoms with E-state index in [1.165, 1.54) is 6.26 Å². The molecule has 1 fully saturated rings. The van der Waals surface area contributed by atoms with E-state index in [0.717, 1.165) is 12.8 Å². The highest BCUT2D eigenvalue weighted by molar-refractivity contribution is 5.91. The summed E-state index contributed by atoms with van der Waals surface area (Å²) in [6.45, 7) is 1.23. The summed E-state index contributed by atoms with van der Waals surface area (Å²) in [4.78, 5) is 24.5. The molecule has 0 aromatic carbocycles. The van der Waals surface area contributed by atoms with Crippen molar-refractivity contribution in [1.82, 2.24) is 14.9 Å². The van der Waals surface area contributed by atoms with Crippen molar-refractivity contribution in [3.05, 3.63) is 36.5 Å². The molecule has 2 aromatic heterocycles. The van der Waals surface area contributed by atoms with Crippen molar-refractivity contribution in [1.29, 1.82) is 0 Å². The van der Waals surface area contributed by atoms with Gasteiger partial charge < -0.3 is 19.0 Å². The molecule has 0 bridgehead atoms. The molecule has 23 heavy (non-hydrogen) atoms. The standard InChI is InChI=1S/C16H20N4O3/c1-19(2)14-15(18-8-7-17-14)23-12-5-3-9-20(11-12)16(21)13-6-4-10-22-13/h4,6-8,10,12H,3,5,9,11H2,1-2H3/t12-/m1/s1. The first kappa shape index (κ1) is 15.3. The summed E-state index contributed by atoms with van der Waals surface area (Å²) in [5.41, 5.74) is 0. The summed E-state index contributed by atoms with van der Waals surface area (Å²) >= 11 is 0. The third kappa shape index (κ3) is 3.44. The topological polar surface area (TPSA) is 71.7 Å². The van der Waals surface area contributed by atoms with Gasteiger partial charge in [-0.3, -0.25) is 4.79 Å². The number of hydrogen-bond donors (Lipinski definition) is 0. The Hall–Kier alpha value is -2.57. The average Bonchev–Trinajstić information content (AvgIpc) is 3.09. The van der Waals surface area contributed by atoms with Crippen LogP contribution >= 0.6 is 0 Å². The molecule has 1 aliphatic rings. The quantitative estimate of drug-likeness (QED) is 0.857. The van der Waals surface area contributed by atoms with Crippen LogP contribution < -0.4 is 9.64 Å². The number of rotatable bonds is 4. The molecule has 0 N–H and O–H groups in total. The van der Waals surface area contributed by atoms with Crippen molar-refractivity contribution in [2.45, 2.75) is 18.9 Å². The van der Waals surface area contributed by atoms with Crippen LogP contribution in [0.5, 0.6) is 5.88 Å². The number of amides is 1. The zero-order chi connectivity index (χ0) is 16.2. The third-order valence-corrected chi connectivity index (χ3v) is 3.75. The molecule has 7 heteroatoms. The van der Waals surface area contributed by atoms with Gasteiger partial charge in [0.05, 0.1) is 12.8 Å². The number of piperidine rings is 1. The molecule has 2 aromatic rings. The van der Waals surface area contributed by atoms with Crippen molar-refractivity contribution in [2.24, 2.45) is 0 Å².